The van der Waals surface area contributed by atoms with E-state index in [0.29, 0.717) is 22.2 Å². The van der Waals surface area contributed by atoms with E-state index in [1.54, 1.807) is 12.1 Å². The van der Waals surface area contributed by atoms with Crippen LogP contribution in [0.4, 0.5) is 0 Å². The molecule has 0 saturated carbocycles. The van der Waals surface area contributed by atoms with Gasteiger partial charge in [-0.15, -0.1) is 11.3 Å². The predicted octanol–water partition coefficient (Wildman–Crippen LogP) is 6.24. The van der Waals surface area contributed by atoms with Crippen LogP contribution in [0.5, 0.6) is 0 Å². The number of hydrogen-bond acceptors (Lipinski definition) is 5. The van der Waals surface area contributed by atoms with Crippen molar-refractivity contribution in [3.63, 3.8) is 0 Å². The van der Waals surface area contributed by atoms with Gasteiger partial charge in [-0.1, -0.05) is 58.7 Å². The average molecular weight is 514 g/mol. The van der Waals surface area contributed by atoms with E-state index >= 15 is 0 Å². The van der Waals surface area contributed by atoms with Crippen molar-refractivity contribution in [1.29, 1.82) is 0 Å². The van der Waals surface area contributed by atoms with Crippen molar-refractivity contribution >= 4 is 46.2 Å². The van der Waals surface area contributed by atoms with Crippen LogP contribution in [0.3, 0.4) is 0 Å². The Hall–Kier alpha value is -2.38. The van der Waals surface area contributed by atoms with Crippen molar-refractivity contribution in [2.75, 3.05) is 19.6 Å². The lowest BCUT2D eigenvalue weighted by molar-refractivity contribution is 0.0755. The zero-order valence-corrected chi connectivity index (χ0v) is 20.9. The van der Waals surface area contributed by atoms with Gasteiger partial charge in [0.25, 0.3) is 5.91 Å². The predicted molar refractivity (Wildman–Crippen MR) is 139 cm³/mol. The number of halogens is 2. The van der Waals surface area contributed by atoms with Crippen LogP contribution in [-0.2, 0) is 11.4 Å². The first-order valence-corrected chi connectivity index (χ1v) is 13.0. The minimum atomic E-state index is -0.186. The van der Waals surface area contributed by atoms with Crippen molar-refractivity contribution in [2.24, 2.45) is 5.16 Å². The summed E-state index contributed by atoms with van der Waals surface area (Å²) in [6, 6.07) is 18.0. The molecule has 0 bridgehead atoms. The number of likely N-dealkylation sites (tertiary alicyclic amines) is 1. The molecule has 3 aromatic rings. The first kappa shape index (κ1) is 23.4. The van der Waals surface area contributed by atoms with E-state index in [4.69, 9.17) is 28.0 Å². The van der Waals surface area contributed by atoms with Gasteiger partial charge < -0.3 is 10.2 Å². The van der Waals surface area contributed by atoms with E-state index in [-0.39, 0.29) is 12.0 Å². The summed E-state index contributed by atoms with van der Waals surface area (Å²) in [6.07, 6.45) is 3.00. The second-order valence-corrected chi connectivity index (χ2v) is 10.8. The highest BCUT2D eigenvalue weighted by Crippen LogP contribution is 2.30. The summed E-state index contributed by atoms with van der Waals surface area (Å²) in [5, 5.41) is 7.90. The molecule has 2 aliphatic rings. The third-order valence-electron chi connectivity index (χ3n) is 6.21. The zero-order chi connectivity index (χ0) is 23.5. The fourth-order valence-corrected chi connectivity index (χ4v) is 5.55. The first-order valence-electron chi connectivity index (χ1n) is 11.4. The molecule has 1 atom stereocenters. The molecule has 34 heavy (non-hydrogen) atoms. The molecule has 0 radical (unpaired) electrons. The topological polar surface area (TPSA) is 53.9 Å². The maximum Gasteiger partial charge on any atom is 0.261 e. The highest BCUT2D eigenvalue weighted by molar-refractivity contribution is 7.18. The van der Waals surface area contributed by atoms with E-state index in [0.717, 1.165) is 41.5 Å². The van der Waals surface area contributed by atoms with Gasteiger partial charge in [0.1, 0.15) is 6.10 Å². The Bertz CT molecular complexity index is 1200. The summed E-state index contributed by atoms with van der Waals surface area (Å²) in [7, 11) is 0. The summed E-state index contributed by atoms with van der Waals surface area (Å²) < 4.78 is 0.595. The lowest BCUT2D eigenvalue weighted by Gasteiger charge is -2.18. The molecule has 1 N–H and O–H groups in total. The number of nitrogens with zero attached hydrogens (tertiary/aromatic N) is 2. The lowest BCUT2D eigenvalue weighted by Crippen LogP contribution is -2.31. The molecule has 2 aromatic carbocycles. The quantitative estimate of drug-likeness (QED) is 0.406. The van der Waals surface area contributed by atoms with Crippen molar-refractivity contribution in [2.45, 2.75) is 31.9 Å². The Morgan fingerprint density at radius 3 is 2.56 bits per heavy atom. The standard InChI is InChI=1S/C26H25Cl2N3O2S/c27-20-8-7-19(16-31-11-1-2-12-31)22(13-20)17-3-5-18(6-4-17)23-14-21(33-30-23)15-29-26(32)24-9-10-25(28)34-24/h3-10,13,21H,1-2,11-12,14-16H2,(H,29,32). The zero-order valence-electron chi connectivity index (χ0n) is 18.6. The maximum atomic E-state index is 12.2. The van der Waals surface area contributed by atoms with Gasteiger partial charge in [0.2, 0.25) is 0 Å². The molecule has 1 fully saturated rings. The number of benzene rings is 2. The van der Waals surface area contributed by atoms with E-state index in [2.05, 4.69) is 51.8 Å². The maximum absolute atomic E-state index is 12.2. The lowest BCUT2D eigenvalue weighted by atomic mass is 9.96. The Kier molecular flexibility index (Phi) is 7.21. The smallest absolute Gasteiger partial charge is 0.261 e. The monoisotopic (exact) mass is 513 g/mol. The van der Waals surface area contributed by atoms with Gasteiger partial charge in [0.05, 0.1) is 21.5 Å². The van der Waals surface area contributed by atoms with Crippen LogP contribution in [-0.4, -0.2) is 42.3 Å². The van der Waals surface area contributed by atoms with Gasteiger partial charge in [-0.2, -0.15) is 0 Å². The normalized spacial score (nSPS) is 18.1. The largest absolute Gasteiger partial charge is 0.390 e. The van der Waals surface area contributed by atoms with Crippen LogP contribution in [0.15, 0.2) is 59.8 Å². The Balaban J connectivity index is 1.22. The number of hydrogen-bond donors (Lipinski definition) is 1. The Morgan fingerprint density at radius 2 is 1.82 bits per heavy atom. The second-order valence-electron chi connectivity index (χ2n) is 8.65. The first-order chi connectivity index (χ1) is 16.5. The summed E-state index contributed by atoms with van der Waals surface area (Å²) >= 11 is 13.5. The van der Waals surface area contributed by atoms with E-state index in [1.807, 2.05) is 6.07 Å². The Labute approximate surface area is 213 Å². The number of nitrogens with one attached hydrogen (secondary N) is 1. The van der Waals surface area contributed by atoms with Crippen molar-refractivity contribution in [1.82, 2.24) is 10.2 Å². The van der Waals surface area contributed by atoms with Crippen LogP contribution in [0.1, 0.15) is 40.1 Å². The molecule has 1 unspecified atom stereocenters. The van der Waals surface area contributed by atoms with E-state index in [1.165, 1.54) is 35.3 Å². The molecular weight excluding hydrogens is 489 g/mol. The van der Waals surface area contributed by atoms with Gasteiger partial charge in [-0.25, -0.2) is 0 Å². The molecule has 2 aliphatic heterocycles. The van der Waals surface area contributed by atoms with Gasteiger partial charge in [0, 0.05) is 18.0 Å². The highest BCUT2D eigenvalue weighted by atomic mass is 35.5. The molecule has 1 aromatic heterocycles. The molecule has 8 heteroatoms. The van der Waals surface area contributed by atoms with Crippen LogP contribution in [0, 0.1) is 0 Å². The number of carbonyl (C=O) groups excluding carboxylic acids is 1. The third-order valence-corrected chi connectivity index (χ3v) is 7.68. The van der Waals surface area contributed by atoms with Gasteiger partial charge >= 0.3 is 0 Å². The summed E-state index contributed by atoms with van der Waals surface area (Å²) in [5.74, 6) is -0.149. The fourth-order valence-electron chi connectivity index (χ4n) is 4.42. The molecule has 0 aliphatic carbocycles. The number of carbonyl (C=O) groups is 1. The van der Waals surface area contributed by atoms with Crippen LogP contribution in [0.25, 0.3) is 11.1 Å². The highest BCUT2D eigenvalue weighted by Gasteiger charge is 2.23. The van der Waals surface area contributed by atoms with Crippen molar-refractivity contribution in [3.05, 3.63) is 80.0 Å². The van der Waals surface area contributed by atoms with Crippen molar-refractivity contribution < 1.29 is 9.63 Å². The molecule has 3 heterocycles. The summed E-state index contributed by atoms with van der Waals surface area (Å²) in [4.78, 5) is 20.9. The van der Waals surface area contributed by atoms with Gasteiger partial charge in [-0.05, 0) is 72.5 Å². The number of rotatable bonds is 7. The summed E-state index contributed by atoms with van der Waals surface area (Å²) in [5.41, 5.74) is 5.51. The second kappa shape index (κ2) is 10.5. The van der Waals surface area contributed by atoms with Crippen LogP contribution >= 0.6 is 34.5 Å². The molecule has 1 saturated heterocycles. The SMILES string of the molecule is O=C(NCC1CC(c2ccc(-c3cc(Cl)ccc3CN3CCCC3)cc2)=NO1)c1ccc(Cl)s1. The minimum Gasteiger partial charge on any atom is -0.390 e. The van der Waals surface area contributed by atoms with Gasteiger partial charge in [0.15, 0.2) is 0 Å². The molecule has 176 valence electrons. The number of amides is 1. The third kappa shape index (κ3) is 5.47. The number of thiophene rings is 1. The average Bonchev–Trinajstić information content (AvgIpc) is 3.61. The molecule has 0 spiro atoms. The number of oxime groups is 1. The molecule has 1 amide bonds. The van der Waals surface area contributed by atoms with Crippen molar-refractivity contribution in [3.8, 4) is 11.1 Å². The van der Waals surface area contributed by atoms with E-state index < -0.39 is 0 Å². The molecular formula is C26H25Cl2N3O2S. The van der Waals surface area contributed by atoms with Gasteiger partial charge in [-0.3, -0.25) is 9.69 Å². The summed E-state index contributed by atoms with van der Waals surface area (Å²) in [6.45, 7) is 3.65. The van der Waals surface area contributed by atoms with Crippen LogP contribution in [0.2, 0.25) is 9.36 Å². The molecule has 5 rings (SSSR count). The Morgan fingerprint density at radius 1 is 1.06 bits per heavy atom. The molecule has 5 nitrogen and oxygen atoms in total. The van der Waals surface area contributed by atoms with E-state index in [9.17, 15) is 4.79 Å². The van der Waals surface area contributed by atoms with Crippen LogP contribution < -0.4 is 5.32 Å². The minimum absolute atomic E-state index is 0.149. The fraction of sp³-hybridized carbons (Fsp3) is 0.308.